The summed E-state index contributed by atoms with van der Waals surface area (Å²) in [5.74, 6) is -0.983. The van der Waals surface area contributed by atoms with Crippen molar-refractivity contribution in [3.8, 4) is 0 Å². The first-order chi connectivity index (χ1) is 14.3. The maximum absolute atomic E-state index is 12.9. The number of carbonyl (C=O) groups excluding carboxylic acids is 2. The van der Waals surface area contributed by atoms with Gasteiger partial charge in [0.1, 0.15) is 4.21 Å². The molecule has 1 unspecified atom stereocenters. The molecular formula is C21H27N3O4S2. The normalized spacial score (nSPS) is 17.5. The van der Waals surface area contributed by atoms with E-state index >= 15 is 0 Å². The first kappa shape index (κ1) is 22.5. The zero-order valence-corrected chi connectivity index (χ0v) is 18.8. The van der Waals surface area contributed by atoms with Crippen molar-refractivity contribution in [1.82, 2.24) is 9.62 Å². The Morgan fingerprint density at radius 3 is 2.67 bits per heavy atom. The van der Waals surface area contributed by atoms with Crippen LogP contribution in [0.5, 0.6) is 0 Å². The third kappa shape index (κ3) is 5.08. The van der Waals surface area contributed by atoms with Gasteiger partial charge in [-0.2, -0.15) is 4.31 Å². The van der Waals surface area contributed by atoms with Gasteiger partial charge in [0.15, 0.2) is 0 Å². The van der Waals surface area contributed by atoms with Gasteiger partial charge < -0.3 is 10.6 Å². The fraction of sp³-hybridized carbons (Fsp3) is 0.429. The Kier molecular flexibility index (Phi) is 7.27. The number of anilines is 1. The van der Waals surface area contributed by atoms with E-state index in [-0.39, 0.29) is 18.4 Å². The average molecular weight is 450 g/mol. The second-order valence-electron chi connectivity index (χ2n) is 7.36. The summed E-state index contributed by atoms with van der Waals surface area (Å²) in [6, 6.07) is 10.2. The SMILES string of the molecule is CCCNC(=O)c1ccccc1NC(=O)C1CCCN(S(=O)(=O)c2ccc(C)s2)C1. The maximum Gasteiger partial charge on any atom is 0.253 e. The molecule has 1 atom stereocenters. The van der Waals surface area contributed by atoms with Crippen molar-refractivity contribution in [2.45, 2.75) is 37.3 Å². The van der Waals surface area contributed by atoms with Gasteiger partial charge in [-0.25, -0.2) is 8.42 Å². The molecule has 1 aliphatic heterocycles. The summed E-state index contributed by atoms with van der Waals surface area (Å²) in [6.45, 7) is 4.92. The first-order valence-corrected chi connectivity index (χ1v) is 12.3. The van der Waals surface area contributed by atoms with Crippen LogP contribution >= 0.6 is 11.3 Å². The summed E-state index contributed by atoms with van der Waals surface area (Å²) < 4.78 is 27.5. The van der Waals surface area contributed by atoms with E-state index in [2.05, 4.69) is 10.6 Å². The van der Waals surface area contributed by atoms with Gasteiger partial charge >= 0.3 is 0 Å². The molecule has 0 saturated carbocycles. The predicted octanol–water partition coefficient (Wildman–Crippen LogP) is 3.24. The average Bonchev–Trinajstić information content (AvgIpc) is 3.19. The van der Waals surface area contributed by atoms with Gasteiger partial charge in [0.05, 0.1) is 17.2 Å². The van der Waals surface area contributed by atoms with Crippen LogP contribution in [0.3, 0.4) is 0 Å². The van der Waals surface area contributed by atoms with Crippen molar-refractivity contribution < 1.29 is 18.0 Å². The number of thiophene rings is 1. The van der Waals surface area contributed by atoms with Crippen LogP contribution in [0.2, 0.25) is 0 Å². The molecule has 2 N–H and O–H groups in total. The second-order valence-corrected chi connectivity index (χ2v) is 10.8. The summed E-state index contributed by atoms with van der Waals surface area (Å²) in [4.78, 5) is 26.2. The number of nitrogens with one attached hydrogen (secondary N) is 2. The summed E-state index contributed by atoms with van der Waals surface area (Å²) in [6.07, 6.45) is 2.03. The molecule has 30 heavy (non-hydrogen) atoms. The number of nitrogens with zero attached hydrogens (tertiary/aromatic N) is 1. The minimum atomic E-state index is -3.60. The van der Waals surface area contributed by atoms with Gasteiger partial charge in [-0.15, -0.1) is 11.3 Å². The van der Waals surface area contributed by atoms with E-state index in [0.717, 1.165) is 11.3 Å². The molecule has 0 radical (unpaired) electrons. The lowest BCUT2D eigenvalue weighted by Crippen LogP contribution is -2.43. The first-order valence-electron chi connectivity index (χ1n) is 10.1. The Labute approximate surface area is 181 Å². The molecule has 1 aromatic carbocycles. The number of benzene rings is 1. The van der Waals surface area contributed by atoms with Crippen LogP contribution < -0.4 is 10.6 Å². The van der Waals surface area contributed by atoms with Gasteiger partial charge in [0.25, 0.3) is 15.9 Å². The summed E-state index contributed by atoms with van der Waals surface area (Å²) in [5.41, 5.74) is 0.832. The van der Waals surface area contributed by atoms with Gasteiger partial charge in [-0.3, -0.25) is 9.59 Å². The number of carbonyl (C=O) groups is 2. The number of hydrogen-bond donors (Lipinski definition) is 2. The third-order valence-electron chi connectivity index (χ3n) is 5.03. The lowest BCUT2D eigenvalue weighted by atomic mass is 9.98. The molecule has 1 aromatic heterocycles. The Balaban J connectivity index is 1.72. The molecule has 1 fully saturated rings. The fourth-order valence-electron chi connectivity index (χ4n) is 3.41. The molecule has 9 heteroatoms. The van der Waals surface area contributed by atoms with Crippen molar-refractivity contribution in [3.63, 3.8) is 0 Å². The molecule has 0 aliphatic carbocycles. The Bertz CT molecular complexity index is 1020. The minimum Gasteiger partial charge on any atom is -0.352 e. The molecular weight excluding hydrogens is 422 g/mol. The van der Waals surface area contributed by atoms with E-state index in [0.29, 0.717) is 41.4 Å². The number of rotatable bonds is 7. The van der Waals surface area contributed by atoms with E-state index in [9.17, 15) is 18.0 Å². The summed E-state index contributed by atoms with van der Waals surface area (Å²) in [5, 5.41) is 5.65. The second kappa shape index (κ2) is 9.72. The van der Waals surface area contributed by atoms with Crippen LogP contribution in [-0.2, 0) is 14.8 Å². The van der Waals surface area contributed by atoms with Crippen LogP contribution in [0.15, 0.2) is 40.6 Å². The number of hydrogen-bond acceptors (Lipinski definition) is 5. The monoisotopic (exact) mass is 449 g/mol. The highest BCUT2D eigenvalue weighted by Gasteiger charge is 2.34. The van der Waals surface area contributed by atoms with Crippen molar-refractivity contribution >= 4 is 38.9 Å². The molecule has 2 aromatic rings. The summed E-state index contributed by atoms with van der Waals surface area (Å²) >= 11 is 1.24. The van der Waals surface area contributed by atoms with Gasteiger partial charge in [0.2, 0.25) is 5.91 Å². The lowest BCUT2D eigenvalue weighted by molar-refractivity contribution is -0.120. The van der Waals surface area contributed by atoms with E-state index in [4.69, 9.17) is 0 Å². The predicted molar refractivity (Wildman–Crippen MR) is 118 cm³/mol. The zero-order chi connectivity index (χ0) is 21.7. The van der Waals surface area contributed by atoms with Crippen LogP contribution in [0, 0.1) is 12.8 Å². The number of sulfonamides is 1. The fourth-order valence-corrected chi connectivity index (χ4v) is 6.37. The minimum absolute atomic E-state index is 0.134. The van der Waals surface area contributed by atoms with Crippen molar-refractivity contribution in [3.05, 3.63) is 46.8 Å². The van der Waals surface area contributed by atoms with E-state index in [1.165, 1.54) is 15.6 Å². The Hall–Kier alpha value is -2.23. The molecule has 1 aliphatic rings. The Morgan fingerprint density at radius 2 is 1.97 bits per heavy atom. The molecule has 1 saturated heterocycles. The van der Waals surface area contributed by atoms with Crippen molar-refractivity contribution in [2.24, 2.45) is 5.92 Å². The highest BCUT2D eigenvalue weighted by Crippen LogP contribution is 2.29. The van der Waals surface area contributed by atoms with Crippen molar-refractivity contribution in [1.29, 1.82) is 0 Å². The highest BCUT2D eigenvalue weighted by molar-refractivity contribution is 7.91. The van der Waals surface area contributed by atoms with Crippen LogP contribution in [0.1, 0.15) is 41.4 Å². The van der Waals surface area contributed by atoms with Crippen LogP contribution in [-0.4, -0.2) is 44.2 Å². The Morgan fingerprint density at radius 1 is 1.20 bits per heavy atom. The smallest absolute Gasteiger partial charge is 0.253 e. The topological polar surface area (TPSA) is 95.6 Å². The van der Waals surface area contributed by atoms with Crippen LogP contribution in [0.4, 0.5) is 5.69 Å². The lowest BCUT2D eigenvalue weighted by Gasteiger charge is -2.31. The van der Waals surface area contributed by atoms with Crippen molar-refractivity contribution in [2.75, 3.05) is 25.0 Å². The van der Waals surface area contributed by atoms with Crippen LogP contribution in [0.25, 0.3) is 0 Å². The number of amides is 2. The molecule has 3 rings (SSSR count). The number of para-hydroxylation sites is 1. The van der Waals surface area contributed by atoms with E-state index in [1.807, 2.05) is 13.8 Å². The molecule has 162 valence electrons. The molecule has 2 amide bonds. The quantitative estimate of drug-likeness (QED) is 0.678. The zero-order valence-electron chi connectivity index (χ0n) is 17.2. The van der Waals surface area contributed by atoms with Gasteiger partial charge in [-0.1, -0.05) is 19.1 Å². The summed E-state index contributed by atoms with van der Waals surface area (Å²) in [7, 11) is -3.60. The number of aryl methyl sites for hydroxylation is 1. The van der Waals surface area contributed by atoms with E-state index in [1.54, 1.807) is 36.4 Å². The van der Waals surface area contributed by atoms with Gasteiger partial charge in [0, 0.05) is 24.5 Å². The largest absolute Gasteiger partial charge is 0.352 e. The highest BCUT2D eigenvalue weighted by atomic mass is 32.2. The maximum atomic E-state index is 12.9. The number of piperidine rings is 1. The molecule has 7 nitrogen and oxygen atoms in total. The van der Waals surface area contributed by atoms with E-state index < -0.39 is 15.9 Å². The molecule has 0 spiro atoms. The standard InChI is InChI=1S/C21H27N3O4S2/c1-3-12-22-21(26)17-8-4-5-9-18(17)23-20(25)16-7-6-13-24(14-16)30(27,28)19-11-10-15(2)29-19/h4-5,8-11,16H,3,6-7,12-14H2,1-2H3,(H,22,26)(H,23,25). The van der Waals surface area contributed by atoms with Gasteiger partial charge in [-0.05, 0) is 50.5 Å². The molecule has 0 bridgehead atoms. The third-order valence-corrected chi connectivity index (χ3v) is 8.36. The molecule has 2 heterocycles.